The van der Waals surface area contributed by atoms with Crippen LogP contribution in [0.5, 0.6) is 11.5 Å². The smallest absolute Gasteiger partial charge is 0.435 e. The number of benzene rings is 2. The number of halogens is 4. The summed E-state index contributed by atoms with van der Waals surface area (Å²) >= 11 is 16.6. The van der Waals surface area contributed by atoms with Gasteiger partial charge in [0.2, 0.25) is 3.79 Å². The predicted octanol–water partition coefficient (Wildman–Crippen LogP) is 4.52. The third-order valence-electron chi connectivity index (χ3n) is 4.61. The van der Waals surface area contributed by atoms with Gasteiger partial charge in [0.25, 0.3) is 0 Å². The number of aliphatic hydroxyl groups excluding tert-OH is 1. The van der Waals surface area contributed by atoms with Gasteiger partial charge in [-0.3, -0.25) is 0 Å². The first kappa shape index (κ1) is 31.2. The summed E-state index contributed by atoms with van der Waals surface area (Å²) in [5, 5.41) is 12.0. The van der Waals surface area contributed by atoms with E-state index in [1.165, 1.54) is 30.3 Å². The van der Waals surface area contributed by atoms with E-state index in [1.807, 2.05) is 0 Å². The number of hydrogen-bond donors (Lipinski definition) is 3. The fourth-order valence-electron chi connectivity index (χ4n) is 3.04. The molecule has 208 valence electrons. The molecule has 10 nitrogen and oxygen atoms in total. The van der Waals surface area contributed by atoms with E-state index in [0.717, 1.165) is 6.07 Å². The number of amidine groups is 1. The van der Waals surface area contributed by atoms with Crippen LogP contribution in [0.2, 0.25) is 0 Å². The van der Waals surface area contributed by atoms with Gasteiger partial charge in [0, 0.05) is 22.9 Å². The fourth-order valence-corrected chi connectivity index (χ4v) is 3.20. The van der Waals surface area contributed by atoms with Gasteiger partial charge >= 0.3 is 12.1 Å². The van der Waals surface area contributed by atoms with Crippen molar-refractivity contribution < 1.29 is 38.0 Å². The standard InChI is InChI=1S/C24H27Cl3FN3O7/c1-3-35-18-11-16(17(28)12-19(18)37-10-9-32)20(22(33)36-4-2)30-15-7-5-14(6-8-15)21(29)31-23(34)38-13-24(25,26)27/h5-8,11-12,20,30,32H,3-4,9-10,13H2,1-2H3,(H2,29,31,34)/t20-/m0/s1. The zero-order valence-corrected chi connectivity index (χ0v) is 22.8. The molecule has 2 aromatic carbocycles. The average molecular weight is 595 g/mol. The van der Waals surface area contributed by atoms with E-state index in [1.54, 1.807) is 13.8 Å². The highest BCUT2D eigenvalue weighted by Gasteiger charge is 2.28. The number of nitrogens with one attached hydrogen (secondary N) is 1. The first-order chi connectivity index (χ1) is 18.0. The molecule has 1 atom stereocenters. The Balaban J connectivity index is 2.31. The highest BCUT2D eigenvalue weighted by molar-refractivity contribution is 6.67. The first-order valence-corrected chi connectivity index (χ1v) is 12.4. The Morgan fingerprint density at radius 2 is 1.74 bits per heavy atom. The molecule has 0 aliphatic heterocycles. The van der Waals surface area contributed by atoms with Gasteiger partial charge in [-0.15, -0.1) is 0 Å². The number of hydrogen-bond acceptors (Lipinski definition) is 8. The lowest BCUT2D eigenvalue weighted by molar-refractivity contribution is -0.144. The molecular formula is C24H27Cl3FN3O7. The van der Waals surface area contributed by atoms with Crippen molar-refractivity contribution in [3.8, 4) is 11.5 Å². The molecule has 4 N–H and O–H groups in total. The lowest BCUT2D eigenvalue weighted by Gasteiger charge is -2.21. The van der Waals surface area contributed by atoms with Crippen molar-refractivity contribution in [2.45, 2.75) is 23.7 Å². The number of carbonyl (C=O) groups is 2. The fraction of sp³-hybridized carbons (Fsp3) is 0.375. The van der Waals surface area contributed by atoms with Crippen LogP contribution in [0.3, 0.4) is 0 Å². The molecule has 38 heavy (non-hydrogen) atoms. The SMILES string of the molecule is CCOC(=O)[C@@H](Nc1ccc(/C(N)=N/C(=O)OCC(Cl)(Cl)Cl)cc1)c1cc(OCC)c(OCCO)cc1F. The van der Waals surface area contributed by atoms with Crippen molar-refractivity contribution >= 4 is 58.4 Å². The van der Waals surface area contributed by atoms with Gasteiger partial charge in [-0.2, -0.15) is 4.99 Å². The van der Waals surface area contributed by atoms with Crippen LogP contribution in [-0.2, 0) is 14.3 Å². The Labute approximate surface area is 233 Å². The molecule has 2 rings (SSSR count). The molecular weight excluding hydrogens is 568 g/mol. The van der Waals surface area contributed by atoms with E-state index in [-0.39, 0.29) is 49.3 Å². The second-order valence-corrected chi connectivity index (χ2v) is 9.92. The number of nitrogens with two attached hydrogens (primary N) is 1. The molecule has 0 saturated heterocycles. The van der Waals surface area contributed by atoms with Gasteiger partial charge < -0.3 is 35.1 Å². The molecule has 0 spiro atoms. The van der Waals surface area contributed by atoms with E-state index in [0.29, 0.717) is 11.3 Å². The van der Waals surface area contributed by atoms with Crippen LogP contribution in [0.1, 0.15) is 31.0 Å². The van der Waals surface area contributed by atoms with Gasteiger partial charge in [0.05, 0.1) is 19.8 Å². The summed E-state index contributed by atoms with van der Waals surface area (Å²) in [4.78, 5) is 28.1. The molecule has 2 aromatic rings. The number of alkyl halides is 3. The van der Waals surface area contributed by atoms with Crippen molar-refractivity contribution in [3.63, 3.8) is 0 Å². The molecule has 0 heterocycles. The third kappa shape index (κ3) is 9.71. The monoisotopic (exact) mass is 593 g/mol. The van der Waals surface area contributed by atoms with Crippen molar-refractivity contribution in [2.75, 3.05) is 38.4 Å². The number of anilines is 1. The summed E-state index contributed by atoms with van der Waals surface area (Å²) in [5.41, 5.74) is 6.54. The number of esters is 1. The van der Waals surface area contributed by atoms with E-state index in [9.17, 15) is 9.59 Å². The second kappa shape index (κ2) is 14.8. The molecule has 0 unspecified atom stereocenters. The van der Waals surface area contributed by atoms with Gasteiger partial charge in [0.15, 0.2) is 17.5 Å². The number of aliphatic hydroxyl groups is 1. The lowest BCUT2D eigenvalue weighted by Crippen LogP contribution is -2.25. The summed E-state index contributed by atoms with van der Waals surface area (Å²) in [6, 6.07) is 7.26. The van der Waals surface area contributed by atoms with Crippen molar-refractivity contribution in [1.29, 1.82) is 0 Å². The van der Waals surface area contributed by atoms with E-state index in [4.69, 9.17) is 64.6 Å². The van der Waals surface area contributed by atoms with Crippen LogP contribution in [0.25, 0.3) is 0 Å². The zero-order valence-electron chi connectivity index (χ0n) is 20.5. The quantitative estimate of drug-likeness (QED) is 0.140. The molecule has 0 fully saturated rings. The van der Waals surface area contributed by atoms with Gasteiger partial charge in [-0.05, 0) is 44.2 Å². The number of ether oxygens (including phenoxy) is 4. The summed E-state index contributed by atoms with van der Waals surface area (Å²) in [6.07, 6.45) is -1.05. The van der Waals surface area contributed by atoms with Crippen molar-refractivity contribution in [1.82, 2.24) is 0 Å². The molecule has 1 amide bonds. The van der Waals surface area contributed by atoms with Gasteiger partial charge in [-0.25, -0.2) is 14.0 Å². The third-order valence-corrected chi connectivity index (χ3v) is 4.94. The number of rotatable bonds is 12. The van der Waals surface area contributed by atoms with Gasteiger partial charge in [0.1, 0.15) is 24.9 Å². The summed E-state index contributed by atoms with van der Waals surface area (Å²) in [7, 11) is 0. The first-order valence-electron chi connectivity index (χ1n) is 11.3. The van der Waals surface area contributed by atoms with Crippen molar-refractivity contribution in [3.05, 3.63) is 53.3 Å². The molecule has 0 radical (unpaired) electrons. The Morgan fingerprint density at radius 3 is 2.32 bits per heavy atom. The minimum absolute atomic E-state index is 0.0508. The van der Waals surface area contributed by atoms with Crippen LogP contribution in [0.15, 0.2) is 41.4 Å². The molecule has 0 saturated carbocycles. The van der Waals surface area contributed by atoms with Crippen LogP contribution in [-0.4, -0.2) is 59.8 Å². The van der Waals surface area contributed by atoms with E-state index in [2.05, 4.69) is 10.3 Å². The molecule has 0 aromatic heterocycles. The topological polar surface area (TPSA) is 142 Å². The molecule has 0 bridgehead atoms. The number of nitrogens with zero attached hydrogens (tertiary/aromatic N) is 1. The molecule has 14 heteroatoms. The molecule has 0 aliphatic rings. The average Bonchev–Trinajstić information content (AvgIpc) is 2.86. The number of aliphatic imine (C=N–C) groups is 1. The second-order valence-electron chi connectivity index (χ2n) is 7.40. The van der Waals surface area contributed by atoms with Crippen LogP contribution in [0.4, 0.5) is 14.9 Å². The number of carbonyl (C=O) groups excluding carboxylic acids is 2. The van der Waals surface area contributed by atoms with E-state index >= 15 is 4.39 Å². The van der Waals surface area contributed by atoms with Crippen LogP contribution in [0, 0.1) is 5.82 Å². The Kier molecular flexibility index (Phi) is 12.2. The maximum absolute atomic E-state index is 15.1. The maximum atomic E-state index is 15.1. The molecule has 0 aliphatic carbocycles. The zero-order chi connectivity index (χ0) is 28.3. The minimum atomic E-state index is -1.79. The predicted molar refractivity (Wildman–Crippen MR) is 142 cm³/mol. The minimum Gasteiger partial charge on any atom is -0.490 e. The normalized spacial score (nSPS) is 12.4. The largest absolute Gasteiger partial charge is 0.490 e. The summed E-state index contributed by atoms with van der Waals surface area (Å²) in [5.74, 6) is -1.39. The van der Waals surface area contributed by atoms with E-state index < -0.39 is 34.3 Å². The van der Waals surface area contributed by atoms with Gasteiger partial charge in [-0.1, -0.05) is 34.8 Å². The Morgan fingerprint density at radius 1 is 1.08 bits per heavy atom. The highest BCUT2D eigenvalue weighted by Crippen LogP contribution is 2.35. The Bertz CT molecular complexity index is 1130. The van der Waals surface area contributed by atoms with Crippen LogP contribution >= 0.6 is 34.8 Å². The summed E-state index contributed by atoms with van der Waals surface area (Å²) in [6.45, 7) is 2.82. The van der Waals surface area contributed by atoms with Crippen molar-refractivity contribution in [2.24, 2.45) is 10.7 Å². The highest BCUT2D eigenvalue weighted by atomic mass is 35.6. The Hall–Kier alpha value is -2.99. The van der Waals surface area contributed by atoms with Crippen LogP contribution < -0.4 is 20.5 Å². The lowest BCUT2D eigenvalue weighted by atomic mass is 10.0. The maximum Gasteiger partial charge on any atom is 0.435 e. The summed E-state index contributed by atoms with van der Waals surface area (Å²) < 4.78 is 34.1. The number of amides is 1.